The van der Waals surface area contributed by atoms with Crippen molar-refractivity contribution in [3.05, 3.63) is 170 Å². The fourth-order valence-electron chi connectivity index (χ4n) is 14.7. The maximum absolute atomic E-state index is 2.74. The molecule has 0 fully saturated rings. The molecule has 7 aromatic carbocycles. The molecule has 13 rings (SSSR count). The monoisotopic (exact) mass is 947 g/mol. The molecule has 0 spiro atoms. The van der Waals surface area contributed by atoms with Gasteiger partial charge < -0.3 is 9.80 Å². The van der Waals surface area contributed by atoms with E-state index in [0.717, 1.165) is 0 Å². The summed E-state index contributed by atoms with van der Waals surface area (Å²) in [5, 5.41) is 2.78. The van der Waals surface area contributed by atoms with Gasteiger partial charge in [-0.15, -0.1) is 11.3 Å². The second kappa shape index (κ2) is 14.3. The van der Waals surface area contributed by atoms with Gasteiger partial charge in [0.2, 0.25) is 0 Å². The van der Waals surface area contributed by atoms with E-state index in [-0.39, 0.29) is 39.2 Å². The number of para-hydroxylation sites is 1. The highest BCUT2D eigenvalue weighted by Crippen LogP contribution is 2.56. The van der Waals surface area contributed by atoms with Gasteiger partial charge in [-0.3, -0.25) is 0 Å². The summed E-state index contributed by atoms with van der Waals surface area (Å²) in [5.41, 5.74) is 27.8. The van der Waals surface area contributed by atoms with Crippen LogP contribution in [0.5, 0.6) is 0 Å². The Hall–Kier alpha value is -5.58. The predicted octanol–water partition coefficient (Wildman–Crippen LogP) is 16.7. The summed E-state index contributed by atoms with van der Waals surface area (Å²) in [6.07, 6.45) is 4.79. The molecular weight excluding hydrogens is 876 g/mol. The average molecular weight is 947 g/mol. The largest absolute Gasteiger partial charge is 0.311 e. The van der Waals surface area contributed by atoms with E-state index in [4.69, 9.17) is 0 Å². The Labute approximate surface area is 428 Å². The Morgan fingerprint density at radius 3 is 1.44 bits per heavy atom. The molecule has 0 radical (unpaired) electrons. The quantitative estimate of drug-likeness (QED) is 0.159. The zero-order valence-electron chi connectivity index (χ0n) is 45.1. The van der Waals surface area contributed by atoms with Crippen LogP contribution in [-0.2, 0) is 32.5 Å². The van der Waals surface area contributed by atoms with E-state index in [0.29, 0.717) is 0 Å². The number of rotatable bonds is 2. The van der Waals surface area contributed by atoms with E-state index in [2.05, 4.69) is 223 Å². The summed E-state index contributed by atoms with van der Waals surface area (Å²) in [6, 6.07) is 44.5. The third-order valence-electron chi connectivity index (χ3n) is 19.3. The molecule has 0 atom stereocenters. The standard InChI is InChI=1S/C67H71BN2S/c1-38-28-57-61-58(29-38)70(54-34-47-45(30-40(54)3)62(4,5)24-26-64(47,8)9)56-35-50-49(66(12,13)43-21-17-18-22-44(43)67(50,14)15)33-51(56)68(61)52-37-60-42(32-55(52)69(57)53-23-19-16-20-39(53)2)41-31-46-48(36-59(41)71-60)65(10,11)27-25-63(46,6)7/h16-23,28-37H,24-27H2,1-15H3. The van der Waals surface area contributed by atoms with Crippen molar-refractivity contribution in [3.8, 4) is 0 Å². The molecule has 0 saturated carbocycles. The fraction of sp³-hybridized carbons (Fsp3) is 0.373. The SMILES string of the molecule is Cc1cc2c3c(c1)N(c1ccccc1C)c1cc4c(cc1B3c1cc3c(cc1N2c1cc2c(cc1C)C(C)(C)CCC2(C)C)C(C)(C)c1ccccc1C3(C)C)sc1cc2c(cc14)C(C)(C)CCC2(C)C. The molecule has 1 aromatic heterocycles. The lowest BCUT2D eigenvalue weighted by Crippen LogP contribution is -2.62. The van der Waals surface area contributed by atoms with Crippen molar-refractivity contribution in [1.29, 1.82) is 0 Å². The average Bonchev–Trinajstić information content (AvgIpc) is 3.67. The van der Waals surface area contributed by atoms with Gasteiger partial charge in [0.15, 0.2) is 0 Å². The minimum absolute atomic E-state index is 0.0116. The molecule has 2 aliphatic heterocycles. The number of hydrogen-bond donors (Lipinski definition) is 0. The van der Waals surface area contributed by atoms with Crippen molar-refractivity contribution in [2.45, 2.75) is 162 Å². The number of thiophene rings is 1. The van der Waals surface area contributed by atoms with E-state index < -0.39 is 0 Å². The number of benzene rings is 7. The zero-order chi connectivity index (χ0) is 49.9. The van der Waals surface area contributed by atoms with Gasteiger partial charge in [-0.2, -0.15) is 0 Å². The van der Waals surface area contributed by atoms with Crippen molar-refractivity contribution in [3.63, 3.8) is 0 Å². The van der Waals surface area contributed by atoms with Crippen molar-refractivity contribution in [2.24, 2.45) is 0 Å². The molecule has 3 heterocycles. The number of aryl methyl sites for hydroxylation is 3. The first-order valence-corrected chi connectivity index (χ1v) is 27.5. The van der Waals surface area contributed by atoms with E-state index in [1.807, 2.05) is 11.3 Å². The van der Waals surface area contributed by atoms with Crippen molar-refractivity contribution >= 4 is 88.7 Å². The highest BCUT2D eigenvalue weighted by atomic mass is 32.1. The van der Waals surface area contributed by atoms with Gasteiger partial charge >= 0.3 is 0 Å². The van der Waals surface area contributed by atoms with Gasteiger partial charge in [0, 0.05) is 65.1 Å². The molecule has 0 unspecified atom stereocenters. The maximum atomic E-state index is 2.74. The first-order valence-electron chi connectivity index (χ1n) is 26.7. The van der Waals surface area contributed by atoms with Gasteiger partial charge in [-0.1, -0.05) is 138 Å². The molecule has 8 aromatic rings. The Kier molecular flexibility index (Phi) is 9.15. The number of hydrogen-bond acceptors (Lipinski definition) is 3. The summed E-state index contributed by atoms with van der Waals surface area (Å²) in [4.78, 5) is 5.40. The normalized spacial score (nSPS) is 19.8. The highest BCUT2D eigenvalue weighted by Gasteiger charge is 2.49. The molecule has 0 N–H and O–H groups in total. The van der Waals surface area contributed by atoms with Crippen LogP contribution in [0, 0.1) is 20.8 Å². The van der Waals surface area contributed by atoms with Crippen LogP contribution in [0.4, 0.5) is 34.1 Å². The molecule has 0 bridgehead atoms. The van der Waals surface area contributed by atoms with Crippen LogP contribution in [0.2, 0.25) is 0 Å². The lowest BCUT2D eigenvalue weighted by atomic mass is 9.33. The van der Waals surface area contributed by atoms with Crippen LogP contribution >= 0.6 is 11.3 Å². The molecule has 0 saturated heterocycles. The molecule has 71 heavy (non-hydrogen) atoms. The zero-order valence-corrected chi connectivity index (χ0v) is 45.9. The number of anilines is 6. The van der Waals surface area contributed by atoms with E-state index in [1.165, 1.54) is 158 Å². The van der Waals surface area contributed by atoms with Gasteiger partial charge in [0.05, 0.1) is 0 Å². The topological polar surface area (TPSA) is 6.48 Å². The van der Waals surface area contributed by atoms with Crippen LogP contribution in [0.1, 0.15) is 170 Å². The van der Waals surface area contributed by atoms with Gasteiger partial charge in [-0.05, 0) is 200 Å². The van der Waals surface area contributed by atoms with Crippen LogP contribution in [0.15, 0.2) is 109 Å². The van der Waals surface area contributed by atoms with E-state index >= 15 is 0 Å². The number of fused-ring (bicyclic) bond motifs is 11. The Bertz CT molecular complexity index is 3670. The summed E-state index contributed by atoms with van der Waals surface area (Å²) >= 11 is 2.01. The number of nitrogens with zero attached hydrogens (tertiary/aromatic N) is 2. The Morgan fingerprint density at radius 1 is 0.380 bits per heavy atom. The maximum Gasteiger partial charge on any atom is 0.252 e. The molecule has 5 aliphatic rings. The van der Waals surface area contributed by atoms with E-state index in [9.17, 15) is 0 Å². The summed E-state index contributed by atoms with van der Waals surface area (Å²) in [6.45, 7) is 36.7. The van der Waals surface area contributed by atoms with Crippen molar-refractivity contribution < 1.29 is 0 Å². The predicted molar refractivity (Wildman–Crippen MR) is 309 cm³/mol. The van der Waals surface area contributed by atoms with E-state index in [1.54, 1.807) is 0 Å². The summed E-state index contributed by atoms with van der Waals surface area (Å²) in [5.74, 6) is 0. The highest BCUT2D eigenvalue weighted by molar-refractivity contribution is 7.26. The van der Waals surface area contributed by atoms with Gasteiger partial charge in [-0.25, -0.2) is 0 Å². The Balaban J connectivity index is 1.16. The molecule has 358 valence electrons. The second-order valence-electron chi connectivity index (χ2n) is 26.5. The lowest BCUT2D eigenvalue weighted by molar-refractivity contribution is 0.332. The smallest absolute Gasteiger partial charge is 0.252 e. The van der Waals surface area contributed by atoms with Crippen LogP contribution in [0.25, 0.3) is 20.2 Å². The molecular formula is C67H71BN2S. The first kappa shape index (κ1) is 45.3. The molecule has 4 heteroatoms. The molecule has 2 nitrogen and oxygen atoms in total. The van der Waals surface area contributed by atoms with Gasteiger partial charge in [0.25, 0.3) is 6.71 Å². The Morgan fingerprint density at radius 2 is 0.831 bits per heavy atom. The third kappa shape index (κ3) is 6.13. The fourth-order valence-corrected chi connectivity index (χ4v) is 15.8. The molecule has 0 amide bonds. The summed E-state index contributed by atoms with van der Waals surface area (Å²) < 4.78 is 2.79. The van der Waals surface area contributed by atoms with Crippen LogP contribution in [0.3, 0.4) is 0 Å². The van der Waals surface area contributed by atoms with Crippen LogP contribution in [-0.4, -0.2) is 6.71 Å². The second-order valence-corrected chi connectivity index (χ2v) is 27.6. The van der Waals surface area contributed by atoms with Gasteiger partial charge in [0.1, 0.15) is 0 Å². The summed E-state index contributed by atoms with van der Waals surface area (Å²) in [7, 11) is 0. The van der Waals surface area contributed by atoms with Crippen LogP contribution < -0.4 is 26.2 Å². The van der Waals surface area contributed by atoms with Crippen molar-refractivity contribution in [1.82, 2.24) is 0 Å². The first-order chi connectivity index (χ1) is 33.4. The minimum Gasteiger partial charge on any atom is -0.311 e. The van der Waals surface area contributed by atoms with Crippen molar-refractivity contribution in [2.75, 3.05) is 9.80 Å². The lowest BCUT2D eigenvalue weighted by Gasteiger charge is -2.49. The minimum atomic E-state index is -0.200. The third-order valence-corrected chi connectivity index (χ3v) is 20.4. The molecule has 3 aliphatic carbocycles.